The third-order valence-electron chi connectivity index (χ3n) is 11.3. The van der Waals surface area contributed by atoms with E-state index in [0.717, 1.165) is 87.7 Å². The van der Waals surface area contributed by atoms with Crippen LogP contribution in [0.4, 0.5) is 22.7 Å². The van der Waals surface area contributed by atoms with Crippen LogP contribution in [0.5, 0.6) is 0 Å². The first-order valence-electron chi connectivity index (χ1n) is 21.4. The van der Waals surface area contributed by atoms with Crippen LogP contribution >= 0.6 is 0 Å². The lowest BCUT2D eigenvalue weighted by molar-refractivity contribution is 0.0778. The van der Waals surface area contributed by atoms with Crippen LogP contribution in [0.2, 0.25) is 0 Å². The first-order chi connectivity index (χ1) is 29.3. The molecule has 0 saturated carbocycles. The molecular weight excluding hydrogens is 757 g/mol. The number of hydrogen-bond donors (Lipinski definition) is 1. The van der Waals surface area contributed by atoms with E-state index in [1.807, 2.05) is 62.5 Å². The van der Waals surface area contributed by atoms with Gasteiger partial charge >= 0.3 is 0 Å². The molecule has 0 unspecified atom stereocenters. The van der Waals surface area contributed by atoms with E-state index in [9.17, 15) is 5.11 Å². The average molecular weight is 831 g/mol. The van der Waals surface area contributed by atoms with Crippen molar-refractivity contribution < 1.29 is 5.11 Å². The lowest BCUT2D eigenvalue weighted by Crippen LogP contribution is -2.30. The van der Waals surface area contributed by atoms with Gasteiger partial charge in [-0.15, -0.1) is 52.6 Å². The Kier molecular flexibility index (Phi) is 19.3. The molecule has 0 aromatic heterocycles. The molecule has 0 amide bonds. The van der Waals surface area contributed by atoms with Gasteiger partial charge in [0.15, 0.2) is 0 Å². The maximum Gasteiger partial charge on any atom is 0.0844 e. The summed E-state index contributed by atoms with van der Waals surface area (Å²) in [7, 11) is 0. The van der Waals surface area contributed by atoms with Crippen molar-refractivity contribution in [2.75, 3.05) is 72.0 Å². The smallest absolute Gasteiger partial charge is 0.0844 e. The number of anilines is 4. The summed E-state index contributed by atoms with van der Waals surface area (Å²) in [5.41, 5.74) is 12.5. The number of nitrogens with zero attached hydrogens (tertiary/aromatic N) is 4. The zero-order valence-electron chi connectivity index (χ0n) is 37.6. The van der Waals surface area contributed by atoms with Crippen LogP contribution in [0.15, 0.2) is 180 Å². The molecule has 0 aliphatic heterocycles. The van der Waals surface area contributed by atoms with Crippen molar-refractivity contribution in [3.05, 3.63) is 219 Å². The van der Waals surface area contributed by atoms with Gasteiger partial charge in [-0.25, -0.2) is 0 Å². The molecule has 0 atom stereocenters. The Morgan fingerprint density at radius 3 is 1.18 bits per heavy atom. The average Bonchev–Trinajstić information content (AvgIpc) is 3.24. The van der Waals surface area contributed by atoms with Gasteiger partial charge < -0.3 is 24.7 Å². The largest absolute Gasteiger partial charge is 0.386 e. The van der Waals surface area contributed by atoms with Crippen LogP contribution in [-0.2, 0) is 23.9 Å². The van der Waals surface area contributed by atoms with Gasteiger partial charge in [0.1, 0.15) is 0 Å². The monoisotopic (exact) mass is 831 g/mol. The van der Waals surface area contributed by atoms with E-state index >= 15 is 0 Å². The van der Waals surface area contributed by atoms with E-state index in [0.29, 0.717) is 0 Å². The highest BCUT2D eigenvalue weighted by Gasteiger charge is 2.33. The van der Waals surface area contributed by atoms with E-state index in [1.165, 1.54) is 39.2 Å². The maximum atomic E-state index is 10.9. The lowest BCUT2D eigenvalue weighted by atomic mass is 9.68. The maximum absolute atomic E-state index is 10.9. The van der Waals surface area contributed by atoms with Crippen LogP contribution in [0.3, 0.4) is 0 Å². The molecule has 328 valence electrons. The summed E-state index contributed by atoms with van der Waals surface area (Å²) in [6.07, 6.45) is 17.1. The minimum Gasteiger partial charge on any atom is -0.386 e. The molecule has 0 heterocycles. The minimum absolute atomic E-state index is 0. The summed E-state index contributed by atoms with van der Waals surface area (Å²) >= 11 is 0. The highest BCUT2D eigenvalue weighted by molar-refractivity contribution is 5.63. The zero-order valence-corrected chi connectivity index (χ0v) is 37.6. The van der Waals surface area contributed by atoms with Gasteiger partial charge in [0.05, 0.1) is 5.60 Å². The van der Waals surface area contributed by atoms with Crippen LogP contribution in [0.25, 0.3) is 0 Å². The second-order valence-electron chi connectivity index (χ2n) is 16.7. The number of benzene rings is 4. The van der Waals surface area contributed by atoms with Gasteiger partial charge in [-0.2, -0.15) is 0 Å². The first-order valence-corrected chi connectivity index (χ1v) is 21.4. The number of hydrogen-bond acceptors (Lipinski definition) is 5. The van der Waals surface area contributed by atoms with E-state index in [1.54, 1.807) is 0 Å². The Bertz CT molecular complexity index is 2030. The molecule has 4 aromatic rings. The zero-order chi connectivity index (χ0) is 44.6. The van der Waals surface area contributed by atoms with Crippen molar-refractivity contribution in [3.8, 4) is 0 Å². The molecule has 62 heavy (non-hydrogen) atoms. The molecule has 1 N–H and O–H groups in total. The molecule has 5 rings (SSSR count). The van der Waals surface area contributed by atoms with E-state index in [2.05, 4.69) is 165 Å². The minimum atomic E-state index is -0.940. The van der Waals surface area contributed by atoms with Gasteiger partial charge in [0, 0.05) is 80.5 Å². The molecule has 5 heteroatoms. The Hall–Kier alpha value is -6.04. The highest BCUT2D eigenvalue weighted by Crippen LogP contribution is 2.44. The van der Waals surface area contributed by atoms with Gasteiger partial charge in [-0.05, 0) is 114 Å². The highest BCUT2D eigenvalue weighted by atomic mass is 16.3. The number of aliphatic hydroxyl groups is 1. The van der Waals surface area contributed by atoms with Crippen molar-refractivity contribution in [3.63, 3.8) is 0 Å². The summed E-state index contributed by atoms with van der Waals surface area (Å²) in [5.74, 6) is 0. The van der Waals surface area contributed by atoms with E-state index < -0.39 is 5.60 Å². The normalized spacial score (nSPS) is 12.0. The number of fused-ring (bicyclic) bond motifs is 2. The third-order valence-corrected chi connectivity index (χ3v) is 11.3. The standard InChI is InChI=1S/C28H36N2O.C28H34N2.CH4/c1-7-17-29(18-8-2)25-14-11-23(12-15-25)21-24-13-16-26(22-27(24)28(5,6)31)30(19-9-3)20-10-4;1-7-15-29(16-8-2)24-13-11-22-19-23-12-14-25(30(17-9-3)18-10-4)21-27(23)28(5,6)26(22)20-24;/h7-16,22,31H,1-4,17-21H2,5-6H3;7-14,20-21H,1-4,15-19H2,5-6H3;1H4. The summed E-state index contributed by atoms with van der Waals surface area (Å²) in [5, 5.41) is 10.9. The second kappa shape index (κ2) is 23.8. The third kappa shape index (κ3) is 12.7. The molecule has 0 fully saturated rings. The molecule has 0 radical (unpaired) electrons. The van der Waals surface area contributed by atoms with E-state index in [4.69, 9.17) is 0 Å². The summed E-state index contributed by atoms with van der Waals surface area (Å²) in [4.78, 5) is 9.01. The van der Waals surface area contributed by atoms with Crippen molar-refractivity contribution in [2.45, 2.75) is 59.0 Å². The summed E-state index contributed by atoms with van der Waals surface area (Å²) < 4.78 is 0. The van der Waals surface area contributed by atoms with Crippen molar-refractivity contribution >= 4 is 22.7 Å². The summed E-state index contributed by atoms with van der Waals surface area (Å²) in [6.45, 7) is 45.7. The number of rotatable bonds is 23. The lowest BCUT2D eigenvalue weighted by Gasteiger charge is -2.37. The molecule has 5 nitrogen and oxygen atoms in total. The molecule has 0 spiro atoms. The molecule has 4 aromatic carbocycles. The molecule has 0 saturated heterocycles. The van der Waals surface area contributed by atoms with Crippen LogP contribution in [-0.4, -0.2) is 57.5 Å². The van der Waals surface area contributed by atoms with Crippen LogP contribution < -0.4 is 19.6 Å². The van der Waals surface area contributed by atoms with Crippen molar-refractivity contribution in [1.29, 1.82) is 0 Å². The Labute approximate surface area is 376 Å². The fraction of sp³-hybridized carbons (Fsp3) is 0.298. The predicted molar refractivity (Wildman–Crippen MR) is 276 cm³/mol. The Morgan fingerprint density at radius 1 is 0.500 bits per heavy atom. The topological polar surface area (TPSA) is 33.2 Å². The van der Waals surface area contributed by atoms with Gasteiger partial charge in [0.25, 0.3) is 0 Å². The molecular formula is C57H74N4O. The summed E-state index contributed by atoms with van der Waals surface area (Å²) in [6, 6.07) is 28.7. The van der Waals surface area contributed by atoms with E-state index in [-0.39, 0.29) is 12.8 Å². The van der Waals surface area contributed by atoms with Crippen molar-refractivity contribution in [1.82, 2.24) is 0 Å². The van der Waals surface area contributed by atoms with Gasteiger partial charge in [-0.1, -0.05) is 100 Å². The van der Waals surface area contributed by atoms with Crippen LogP contribution in [0, 0.1) is 0 Å². The fourth-order valence-corrected chi connectivity index (χ4v) is 8.26. The Morgan fingerprint density at radius 2 is 0.823 bits per heavy atom. The predicted octanol–water partition coefficient (Wildman–Crippen LogP) is 12.8. The fourth-order valence-electron chi connectivity index (χ4n) is 8.26. The Balaban J connectivity index is 0.000000325. The molecule has 1 aliphatic carbocycles. The second-order valence-corrected chi connectivity index (χ2v) is 16.7. The molecule has 1 aliphatic rings. The quantitative estimate of drug-likeness (QED) is 0.0753. The van der Waals surface area contributed by atoms with Gasteiger partial charge in [-0.3, -0.25) is 0 Å². The SMILES string of the molecule is C.C=CCN(CC=C)c1ccc(Cc2ccc(N(CC=C)CC=C)cc2C(C)(C)O)cc1.C=CCN(CC=C)c1ccc2c(c1)C(C)(C)c1cc(N(CC=C)CC=C)ccc1C2. The van der Waals surface area contributed by atoms with Crippen molar-refractivity contribution in [2.24, 2.45) is 0 Å². The first kappa shape index (κ1) is 50.3. The molecule has 0 bridgehead atoms. The van der Waals surface area contributed by atoms with Crippen LogP contribution in [0.1, 0.15) is 74.1 Å². The van der Waals surface area contributed by atoms with Gasteiger partial charge in [0.2, 0.25) is 0 Å².